The van der Waals surface area contributed by atoms with Crippen LogP contribution in [-0.4, -0.2) is 16.2 Å². The van der Waals surface area contributed by atoms with Gasteiger partial charge in [-0.15, -0.1) is 0 Å². The molecule has 5 heteroatoms. The monoisotopic (exact) mass is 315 g/mol. The van der Waals surface area contributed by atoms with E-state index in [2.05, 4.69) is 0 Å². The van der Waals surface area contributed by atoms with E-state index in [1.807, 2.05) is 18.2 Å². The molecular weight excluding hydrogens is 297 g/mol. The van der Waals surface area contributed by atoms with Gasteiger partial charge in [0, 0.05) is 12.6 Å². The van der Waals surface area contributed by atoms with Crippen LogP contribution in [0.2, 0.25) is 0 Å². The van der Waals surface area contributed by atoms with Crippen LogP contribution < -0.4 is 4.74 Å². The van der Waals surface area contributed by atoms with Gasteiger partial charge in [0.05, 0.1) is 0 Å². The molecule has 0 saturated carbocycles. The molecule has 120 valence electrons. The minimum Gasteiger partial charge on any atom is -0.457 e. The average Bonchev–Trinajstić information content (AvgIpc) is 2.54. The number of benzene rings is 2. The summed E-state index contributed by atoms with van der Waals surface area (Å²) in [4.78, 5) is 11.1. The molecule has 0 aliphatic rings. The van der Waals surface area contributed by atoms with Crippen LogP contribution in [0.15, 0.2) is 60.3 Å². The molecule has 0 bridgehead atoms. The van der Waals surface area contributed by atoms with Crippen molar-refractivity contribution in [3.63, 3.8) is 0 Å². The molecule has 0 unspecified atom stereocenters. The number of amides is 1. The predicted molar refractivity (Wildman–Crippen MR) is 84.7 cm³/mol. The quantitative estimate of drug-likeness (QED) is 0.661. The molecule has 0 heterocycles. The molecule has 0 saturated heterocycles. The van der Waals surface area contributed by atoms with E-state index in [4.69, 9.17) is 4.74 Å². The number of rotatable bonds is 5. The Balaban J connectivity index is 2.06. The molecule has 1 amide bonds. The summed E-state index contributed by atoms with van der Waals surface area (Å²) in [6.07, 6.45) is 2.29. The van der Waals surface area contributed by atoms with Crippen molar-refractivity contribution in [1.82, 2.24) is 5.06 Å². The van der Waals surface area contributed by atoms with Gasteiger partial charge in [-0.05, 0) is 55.3 Å². The van der Waals surface area contributed by atoms with Crippen LogP contribution in [-0.2, 0) is 11.2 Å². The Morgan fingerprint density at radius 3 is 2.52 bits per heavy atom. The summed E-state index contributed by atoms with van der Waals surface area (Å²) in [5, 5.41) is 10.1. The number of hydrogen-bond acceptors (Lipinski definition) is 3. The Morgan fingerprint density at radius 1 is 1.17 bits per heavy atom. The van der Waals surface area contributed by atoms with Crippen molar-refractivity contribution in [2.75, 3.05) is 0 Å². The molecule has 2 rings (SSSR count). The minimum absolute atomic E-state index is 0.314. The first-order valence-electron chi connectivity index (χ1n) is 7.14. The number of carbonyl (C=O) groups is 1. The number of hydroxylamine groups is 2. The van der Waals surface area contributed by atoms with Gasteiger partial charge in [0.2, 0.25) is 5.91 Å². The van der Waals surface area contributed by atoms with Crippen molar-refractivity contribution < 1.29 is 19.1 Å². The second-order valence-corrected chi connectivity index (χ2v) is 5.08. The molecule has 1 N–H and O–H groups in total. The van der Waals surface area contributed by atoms with Gasteiger partial charge < -0.3 is 4.74 Å². The number of hydrogen-bond donors (Lipinski definition) is 1. The highest BCUT2D eigenvalue weighted by Gasteiger charge is 2.06. The molecule has 0 fully saturated rings. The van der Waals surface area contributed by atoms with Gasteiger partial charge in [-0.3, -0.25) is 10.0 Å². The summed E-state index contributed by atoms with van der Waals surface area (Å²) in [6.45, 7) is 2.94. The third-order valence-corrected chi connectivity index (χ3v) is 3.21. The lowest BCUT2D eigenvalue weighted by atomic mass is 10.1. The SMILES string of the molecule is CC(=O)N(O)C(C)=CCc1cccc(Oc2ccc(F)cc2)c1. The number of nitrogens with zero attached hydrogens (tertiary/aromatic N) is 1. The molecule has 0 atom stereocenters. The fraction of sp³-hybridized carbons (Fsp3) is 0.167. The van der Waals surface area contributed by atoms with Gasteiger partial charge in [0.15, 0.2) is 0 Å². The number of halogens is 1. The minimum atomic E-state index is -0.438. The number of ether oxygens (including phenoxy) is 1. The summed E-state index contributed by atoms with van der Waals surface area (Å²) in [5.74, 6) is 0.429. The molecule has 2 aromatic carbocycles. The largest absolute Gasteiger partial charge is 0.457 e. The van der Waals surface area contributed by atoms with E-state index in [1.54, 1.807) is 31.2 Å². The van der Waals surface area contributed by atoms with Crippen molar-refractivity contribution in [2.45, 2.75) is 20.3 Å². The lowest BCUT2D eigenvalue weighted by molar-refractivity contribution is -0.154. The highest BCUT2D eigenvalue weighted by Crippen LogP contribution is 2.23. The first-order valence-corrected chi connectivity index (χ1v) is 7.14. The molecule has 0 aromatic heterocycles. The third kappa shape index (κ3) is 4.93. The molecule has 0 radical (unpaired) electrons. The zero-order chi connectivity index (χ0) is 16.8. The molecule has 0 aliphatic carbocycles. The van der Waals surface area contributed by atoms with Crippen LogP contribution in [0.3, 0.4) is 0 Å². The second-order valence-electron chi connectivity index (χ2n) is 5.08. The normalized spacial score (nSPS) is 11.2. The summed E-state index contributed by atoms with van der Waals surface area (Å²) < 4.78 is 18.5. The van der Waals surface area contributed by atoms with Crippen molar-refractivity contribution >= 4 is 5.91 Å². The Labute approximate surface area is 134 Å². The predicted octanol–water partition coefficient (Wildman–Crippen LogP) is 4.30. The van der Waals surface area contributed by atoms with Crippen LogP contribution in [0.4, 0.5) is 4.39 Å². The summed E-state index contributed by atoms with van der Waals surface area (Å²) >= 11 is 0. The third-order valence-electron chi connectivity index (χ3n) is 3.21. The Bertz CT molecular complexity index is 710. The van der Waals surface area contributed by atoms with Crippen LogP contribution in [0.1, 0.15) is 19.4 Å². The Morgan fingerprint density at radius 2 is 1.87 bits per heavy atom. The molecule has 0 spiro atoms. The van der Waals surface area contributed by atoms with Gasteiger partial charge in [0.25, 0.3) is 0 Å². The highest BCUT2D eigenvalue weighted by molar-refractivity contribution is 5.73. The van der Waals surface area contributed by atoms with Crippen LogP contribution in [0.5, 0.6) is 11.5 Å². The van der Waals surface area contributed by atoms with E-state index in [0.29, 0.717) is 28.7 Å². The van der Waals surface area contributed by atoms with Gasteiger partial charge >= 0.3 is 0 Å². The van der Waals surface area contributed by atoms with E-state index in [1.165, 1.54) is 19.1 Å². The summed E-state index contributed by atoms with van der Waals surface area (Å²) in [6, 6.07) is 13.2. The maximum absolute atomic E-state index is 12.9. The number of carbonyl (C=O) groups excluding carboxylic acids is 1. The van der Waals surface area contributed by atoms with Gasteiger partial charge in [0.1, 0.15) is 17.3 Å². The van der Waals surface area contributed by atoms with Gasteiger partial charge in [-0.2, -0.15) is 5.06 Å². The summed E-state index contributed by atoms with van der Waals surface area (Å²) in [5.41, 5.74) is 1.42. The van der Waals surface area contributed by atoms with Gasteiger partial charge in [-0.25, -0.2) is 4.39 Å². The van der Waals surface area contributed by atoms with E-state index in [-0.39, 0.29) is 5.82 Å². The average molecular weight is 315 g/mol. The second kappa shape index (κ2) is 7.56. The number of allylic oxidation sites excluding steroid dienone is 2. The van der Waals surface area contributed by atoms with Crippen molar-refractivity contribution in [1.29, 1.82) is 0 Å². The summed E-state index contributed by atoms with van der Waals surface area (Å²) in [7, 11) is 0. The molecule has 4 nitrogen and oxygen atoms in total. The molecular formula is C18H18FNO3. The Kier molecular flexibility index (Phi) is 5.49. The van der Waals surface area contributed by atoms with Crippen molar-refractivity contribution in [3.05, 3.63) is 71.7 Å². The van der Waals surface area contributed by atoms with Crippen LogP contribution in [0, 0.1) is 5.82 Å². The lowest BCUT2D eigenvalue weighted by Gasteiger charge is -2.12. The molecule has 0 aliphatic heterocycles. The van der Waals surface area contributed by atoms with Crippen molar-refractivity contribution in [2.24, 2.45) is 0 Å². The van der Waals surface area contributed by atoms with E-state index >= 15 is 0 Å². The maximum Gasteiger partial charge on any atom is 0.247 e. The maximum atomic E-state index is 12.9. The van der Waals surface area contributed by atoms with Crippen LogP contribution >= 0.6 is 0 Å². The molecule has 2 aromatic rings. The lowest BCUT2D eigenvalue weighted by Crippen LogP contribution is -2.22. The zero-order valence-electron chi connectivity index (χ0n) is 13.0. The fourth-order valence-electron chi connectivity index (χ4n) is 1.98. The van der Waals surface area contributed by atoms with Crippen molar-refractivity contribution in [3.8, 4) is 11.5 Å². The zero-order valence-corrected chi connectivity index (χ0v) is 13.0. The van der Waals surface area contributed by atoms with Gasteiger partial charge in [-0.1, -0.05) is 18.2 Å². The highest BCUT2D eigenvalue weighted by atomic mass is 19.1. The standard InChI is InChI=1S/C18H18FNO3/c1-13(20(22)14(2)21)6-7-15-4-3-5-18(12-15)23-17-10-8-16(19)9-11-17/h3-6,8-12,22H,7H2,1-2H3. The first kappa shape index (κ1) is 16.7. The molecule has 23 heavy (non-hydrogen) atoms. The van der Waals surface area contributed by atoms with E-state index in [0.717, 1.165) is 5.56 Å². The smallest absolute Gasteiger partial charge is 0.247 e. The van der Waals surface area contributed by atoms with E-state index in [9.17, 15) is 14.4 Å². The first-order chi connectivity index (χ1) is 11.0. The Hall–Kier alpha value is -2.66. The van der Waals surface area contributed by atoms with E-state index < -0.39 is 5.91 Å². The topological polar surface area (TPSA) is 49.8 Å². The fourth-order valence-corrected chi connectivity index (χ4v) is 1.98. The van der Waals surface area contributed by atoms with Crippen LogP contribution in [0.25, 0.3) is 0 Å².